The fourth-order valence-electron chi connectivity index (χ4n) is 3.29. The van der Waals surface area contributed by atoms with Crippen LogP contribution in [0.1, 0.15) is 36.8 Å². The van der Waals surface area contributed by atoms with E-state index in [1.807, 2.05) is 60.7 Å². The summed E-state index contributed by atoms with van der Waals surface area (Å²) in [6.07, 6.45) is 3.78. The molecule has 26 heavy (non-hydrogen) atoms. The van der Waals surface area contributed by atoms with Gasteiger partial charge in [0.05, 0.1) is 11.1 Å². The first-order valence-electron chi connectivity index (χ1n) is 9.15. The van der Waals surface area contributed by atoms with E-state index in [4.69, 9.17) is 5.73 Å². The quantitative estimate of drug-likeness (QED) is 0.587. The van der Waals surface area contributed by atoms with Gasteiger partial charge in [-0.3, -0.25) is 14.5 Å². The highest BCUT2D eigenvalue weighted by molar-refractivity contribution is 6.48. The van der Waals surface area contributed by atoms with Crippen LogP contribution in [0.15, 0.2) is 60.7 Å². The first kappa shape index (κ1) is 18.1. The van der Waals surface area contributed by atoms with E-state index in [2.05, 4.69) is 0 Å². The second-order valence-electron chi connectivity index (χ2n) is 6.45. The van der Waals surface area contributed by atoms with Gasteiger partial charge in [0, 0.05) is 6.54 Å². The summed E-state index contributed by atoms with van der Waals surface area (Å²) in [5.41, 5.74) is 8.10. The first-order chi connectivity index (χ1) is 12.7. The third-order valence-electron chi connectivity index (χ3n) is 4.63. The monoisotopic (exact) mass is 348 g/mol. The Kier molecular flexibility index (Phi) is 5.97. The summed E-state index contributed by atoms with van der Waals surface area (Å²) in [6, 6.07) is 18.9. The lowest BCUT2D eigenvalue weighted by Crippen LogP contribution is -2.32. The SMILES string of the molecule is NCCCCCCN1C(=O)C(c2ccccc2)=C(c2ccccc2)C1=O. The normalized spacial score (nSPS) is 14.4. The Labute approximate surface area is 154 Å². The molecule has 0 saturated heterocycles. The van der Waals surface area contributed by atoms with E-state index in [-0.39, 0.29) is 11.8 Å². The highest BCUT2D eigenvalue weighted by Crippen LogP contribution is 2.35. The van der Waals surface area contributed by atoms with Crippen LogP contribution in [0.2, 0.25) is 0 Å². The van der Waals surface area contributed by atoms with Gasteiger partial charge in [0.15, 0.2) is 0 Å². The molecule has 1 heterocycles. The lowest BCUT2D eigenvalue weighted by atomic mass is 9.96. The number of nitrogens with zero attached hydrogens (tertiary/aromatic N) is 1. The summed E-state index contributed by atoms with van der Waals surface area (Å²) in [4.78, 5) is 27.5. The molecule has 2 aromatic rings. The topological polar surface area (TPSA) is 63.4 Å². The fraction of sp³-hybridized carbons (Fsp3) is 0.273. The number of hydrogen-bond donors (Lipinski definition) is 1. The molecular weight excluding hydrogens is 324 g/mol. The van der Waals surface area contributed by atoms with Gasteiger partial charge < -0.3 is 5.73 Å². The minimum absolute atomic E-state index is 0.195. The van der Waals surface area contributed by atoms with E-state index < -0.39 is 0 Å². The minimum Gasteiger partial charge on any atom is -0.330 e. The maximum atomic E-state index is 13.0. The molecule has 3 rings (SSSR count). The molecular formula is C22H24N2O2. The molecule has 0 bridgehead atoms. The molecule has 0 unspecified atom stereocenters. The smallest absolute Gasteiger partial charge is 0.262 e. The lowest BCUT2D eigenvalue weighted by Gasteiger charge is -2.15. The van der Waals surface area contributed by atoms with Gasteiger partial charge in [0.1, 0.15) is 0 Å². The average molecular weight is 348 g/mol. The molecule has 2 amide bonds. The molecule has 0 spiro atoms. The van der Waals surface area contributed by atoms with Gasteiger partial charge in [-0.2, -0.15) is 0 Å². The van der Waals surface area contributed by atoms with Crippen LogP contribution in [0.4, 0.5) is 0 Å². The van der Waals surface area contributed by atoms with Crippen molar-refractivity contribution in [2.24, 2.45) is 5.73 Å². The number of carbonyl (C=O) groups excluding carboxylic acids is 2. The van der Waals surface area contributed by atoms with E-state index in [0.717, 1.165) is 36.8 Å². The summed E-state index contributed by atoms with van der Waals surface area (Å²) < 4.78 is 0. The second-order valence-corrected chi connectivity index (χ2v) is 6.45. The predicted molar refractivity (Wildman–Crippen MR) is 104 cm³/mol. The van der Waals surface area contributed by atoms with Crippen LogP contribution in [0.3, 0.4) is 0 Å². The van der Waals surface area contributed by atoms with Crippen molar-refractivity contribution in [2.45, 2.75) is 25.7 Å². The van der Waals surface area contributed by atoms with Crippen LogP contribution >= 0.6 is 0 Å². The zero-order valence-electron chi connectivity index (χ0n) is 14.9. The van der Waals surface area contributed by atoms with E-state index in [1.165, 1.54) is 4.90 Å². The highest BCUT2D eigenvalue weighted by Gasteiger charge is 2.38. The number of hydrogen-bond acceptors (Lipinski definition) is 3. The molecule has 0 aliphatic carbocycles. The van der Waals surface area contributed by atoms with Crippen molar-refractivity contribution in [1.82, 2.24) is 4.90 Å². The van der Waals surface area contributed by atoms with Crippen molar-refractivity contribution >= 4 is 23.0 Å². The molecule has 4 heteroatoms. The lowest BCUT2D eigenvalue weighted by molar-refractivity contribution is -0.136. The zero-order chi connectivity index (χ0) is 18.4. The molecule has 2 aromatic carbocycles. The van der Waals surface area contributed by atoms with Crippen molar-refractivity contribution < 1.29 is 9.59 Å². The maximum absolute atomic E-state index is 13.0. The number of benzene rings is 2. The number of carbonyl (C=O) groups is 2. The number of amides is 2. The second kappa shape index (κ2) is 8.59. The molecule has 0 fully saturated rings. The van der Waals surface area contributed by atoms with Gasteiger partial charge in [-0.25, -0.2) is 0 Å². The van der Waals surface area contributed by atoms with Crippen LogP contribution in [0.5, 0.6) is 0 Å². The number of unbranched alkanes of at least 4 members (excludes halogenated alkanes) is 3. The zero-order valence-corrected chi connectivity index (χ0v) is 14.9. The Bertz CT molecular complexity index is 736. The third kappa shape index (κ3) is 3.75. The minimum atomic E-state index is -0.195. The van der Waals surface area contributed by atoms with Gasteiger partial charge in [-0.15, -0.1) is 0 Å². The molecule has 134 valence electrons. The molecule has 2 N–H and O–H groups in total. The molecule has 0 saturated carbocycles. The summed E-state index contributed by atoms with van der Waals surface area (Å²) in [7, 11) is 0. The number of nitrogens with two attached hydrogens (primary N) is 1. The van der Waals surface area contributed by atoms with Crippen molar-refractivity contribution in [3.63, 3.8) is 0 Å². The number of rotatable bonds is 8. The van der Waals surface area contributed by atoms with Gasteiger partial charge in [0.2, 0.25) is 0 Å². The van der Waals surface area contributed by atoms with Crippen LogP contribution in [-0.4, -0.2) is 29.8 Å². The Hall–Kier alpha value is -2.72. The third-order valence-corrected chi connectivity index (χ3v) is 4.63. The fourth-order valence-corrected chi connectivity index (χ4v) is 3.29. The molecule has 0 atom stereocenters. The van der Waals surface area contributed by atoms with E-state index in [0.29, 0.717) is 24.2 Å². The van der Waals surface area contributed by atoms with E-state index in [1.54, 1.807) is 0 Å². The molecule has 0 aromatic heterocycles. The average Bonchev–Trinajstić information content (AvgIpc) is 2.93. The van der Waals surface area contributed by atoms with Crippen molar-refractivity contribution in [1.29, 1.82) is 0 Å². The molecule has 1 aliphatic rings. The van der Waals surface area contributed by atoms with Crippen LogP contribution in [-0.2, 0) is 9.59 Å². The van der Waals surface area contributed by atoms with Gasteiger partial charge in [-0.05, 0) is 30.5 Å². The molecule has 0 radical (unpaired) electrons. The Morgan fingerprint density at radius 2 is 1.12 bits per heavy atom. The Balaban J connectivity index is 1.89. The Morgan fingerprint density at radius 3 is 1.58 bits per heavy atom. The highest BCUT2D eigenvalue weighted by atomic mass is 16.2. The summed E-state index contributed by atoms with van der Waals surface area (Å²) >= 11 is 0. The van der Waals surface area contributed by atoms with Crippen molar-refractivity contribution in [3.05, 3.63) is 71.8 Å². The molecule has 4 nitrogen and oxygen atoms in total. The van der Waals surface area contributed by atoms with Gasteiger partial charge in [-0.1, -0.05) is 73.5 Å². The summed E-state index contributed by atoms with van der Waals surface area (Å²) in [5.74, 6) is -0.391. The van der Waals surface area contributed by atoms with E-state index in [9.17, 15) is 9.59 Å². The van der Waals surface area contributed by atoms with Gasteiger partial charge in [0.25, 0.3) is 11.8 Å². The first-order valence-corrected chi connectivity index (χ1v) is 9.15. The predicted octanol–water partition coefficient (Wildman–Crippen LogP) is 3.49. The molecule has 1 aliphatic heterocycles. The Morgan fingerprint density at radius 1 is 0.654 bits per heavy atom. The maximum Gasteiger partial charge on any atom is 0.262 e. The van der Waals surface area contributed by atoms with E-state index >= 15 is 0 Å². The van der Waals surface area contributed by atoms with Gasteiger partial charge >= 0.3 is 0 Å². The van der Waals surface area contributed by atoms with Crippen LogP contribution in [0, 0.1) is 0 Å². The number of imide groups is 1. The largest absolute Gasteiger partial charge is 0.330 e. The summed E-state index contributed by atoms with van der Waals surface area (Å²) in [6.45, 7) is 1.13. The standard InChI is InChI=1S/C22H24N2O2/c23-15-9-1-2-10-16-24-21(25)19(17-11-5-3-6-12-17)20(22(24)26)18-13-7-4-8-14-18/h3-8,11-14H,1-2,9-10,15-16,23H2. The van der Waals surface area contributed by atoms with Crippen LogP contribution in [0.25, 0.3) is 11.1 Å². The van der Waals surface area contributed by atoms with Crippen molar-refractivity contribution in [2.75, 3.05) is 13.1 Å². The van der Waals surface area contributed by atoms with Crippen molar-refractivity contribution in [3.8, 4) is 0 Å². The summed E-state index contributed by atoms with van der Waals surface area (Å²) in [5, 5.41) is 0. The van der Waals surface area contributed by atoms with Crippen LogP contribution < -0.4 is 5.73 Å².